The van der Waals surface area contributed by atoms with Crippen molar-refractivity contribution in [2.24, 2.45) is 0 Å². The molecule has 0 spiro atoms. The summed E-state index contributed by atoms with van der Waals surface area (Å²) in [6.07, 6.45) is 0.190. The Morgan fingerprint density at radius 2 is 1.96 bits per heavy atom. The first-order valence-electron chi connectivity index (χ1n) is 7.82. The molecule has 0 bridgehead atoms. The summed E-state index contributed by atoms with van der Waals surface area (Å²) in [7, 11) is 1.56. The number of amides is 2. The summed E-state index contributed by atoms with van der Waals surface area (Å²) in [6, 6.07) is 11.9. The minimum Gasteiger partial charge on any atom is -0.341 e. The summed E-state index contributed by atoms with van der Waals surface area (Å²) in [4.78, 5) is 36.6. The molecular formula is C18H15ClN4O4. The van der Waals surface area contributed by atoms with Crippen molar-refractivity contribution in [2.75, 3.05) is 18.9 Å². The van der Waals surface area contributed by atoms with E-state index in [0.717, 1.165) is 6.07 Å². The largest absolute Gasteiger partial charge is 0.341 e. The summed E-state index contributed by atoms with van der Waals surface area (Å²) < 4.78 is 0. The number of para-hydroxylation sites is 1. The first-order valence-corrected chi connectivity index (χ1v) is 8.19. The van der Waals surface area contributed by atoms with Crippen LogP contribution >= 0.6 is 11.6 Å². The number of anilines is 1. The van der Waals surface area contributed by atoms with Gasteiger partial charge >= 0.3 is 0 Å². The number of nitrogens with zero attached hydrogens (tertiary/aromatic N) is 3. The van der Waals surface area contributed by atoms with Crippen molar-refractivity contribution < 1.29 is 14.5 Å². The maximum atomic E-state index is 12.5. The van der Waals surface area contributed by atoms with Gasteiger partial charge in [-0.15, -0.1) is 0 Å². The predicted molar refractivity (Wildman–Crippen MR) is 99.7 cm³/mol. The minimum absolute atomic E-state index is 0.0438. The quantitative estimate of drug-likeness (QED) is 0.602. The maximum Gasteiger partial charge on any atom is 0.270 e. The number of rotatable bonds is 6. The highest BCUT2D eigenvalue weighted by atomic mass is 35.5. The molecular weight excluding hydrogens is 372 g/mol. The molecule has 0 aliphatic rings. The Labute approximate surface area is 160 Å². The zero-order chi connectivity index (χ0) is 20.0. The lowest BCUT2D eigenvalue weighted by Crippen LogP contribution is -2.28. The topological polar surface area (TPSA) is 116 Å². The van der Waals surface area contributed by atoms with Crippen molar-refractivity contribution in [3.8, 4) is 6.07 Å². The molecule has 2 aromatic rings. The molecule has 0 saturated heterocycles. The highest BCUT2D eigenvalue weighted by Crippen LogP contribution is 2.24. The fraction of sp³-hybridized carbons (Fsp3) is 0.167. The van der Waals surface area contributed by atoms with Gasteiger partial charge in [-0.25, -0.2) is 0 Å². The molecule has 2 rings (SSSR count). The molecule has 2 aromatic carbocycles. The fourth-order valence-electron chi connectivity index (χ4n) is 2.29. The highest BCUT2D eigenvalue weighted by molar-refractivity contribution is 6.34. The van der Waals surface area contributed by atoms with Gasteiger partial charge in [-0.2, -0.15) is 5.26 Å². The van der Waals surface area contributed by atoms with Crippen molar-refractivity contribution in [3.05, 3.63) is 68.7 Å². The molecule has 27 heavy (non-hydrogen) atoms. The van der Waals surface area contributed by atoms with E-state index in [1.807, 2.05) is 6.07 Å². The van der Waals surface area contributed by atoms with Gasteiger partial charge in [0.25, 0.3) is 17.5 Å². The summed E-state index contributed by atoms with van der Waals surface area (Å²) in [5.74, 6) is -0.953. The zero-order valence-corrected chi connectivity index (χ0v) is 15.1. The van der Waals surface area contributed by atoms with Gasteiger partial charge in [0.05, 0.1) is 39.3 Å². The Bertz CT molecular complexity index is 939. The SMILES string of the molecule is CN(CCC#N)C(=O)c1ccccc1NC(=O)c1ccc([N+](=O)[O-])cc1Cl. The molecule has 0 aliphatic heterocycles. The van der Waals surface area contributed by atoms with Crippen molar-refractivity contribution in [1.82, 2.24) is 4.90 Å². The Morgan fingerprint density at radius 3 is 2.59 bits per heavy atom. The Balaban J connectivity index is 2.26. The van der Waals surface area contributed by atoms with E-state index in [2.05, 4.69) is 5.32 Å². The van der Waals surface area contributed by atoms with Gasteiger partial charge in [-0.3, -0.25) is 19.7 Å². The summed E-state index contributed by atoms with van der Waals surface area (Å²) in [6.45, 7) is 0.256. The fourth-order valence-corrected chi connectivity index (χ4v) is 2.56. The van der Waals surface area contributed by atoms with Gasteiger partial charge in [0.15, 0.2) is 0 Å². The van der Waals surface area contributed by atoms with Crippen LogP contribution in [0, 0.1) is 21.4 Å². The van der Waals surface area contributed by atoms with E-state index in [1.165, 1.54) is 17.0 Å². The molecule has 0 atom stereocenters. The van der Waals surface area contributed by atoms with Crippen LogP contribution in [0.3, 0.4) is 0 Å². The third kappa shape index (κ3) is 4.80. The van der Waals surface area contributed by atoms with Crippen molar-refractivity contribution in [1.29, 1.82) is 5.26 Å². The summed E-state index contributed by atoms with van der Waals surface area (Å²) in [5.41, 5.74) is 0.337. The van der Waals surface area contributed by atoms with Crippen LogP contribution < -0.4 is 5.32 Å². The number of carbonyl (C=O) groups is 2. The number of hydrogen-bond donors (Lipinski definition) is 1. The van der Waals surface area contributed by atoms with Crippen molar-refractivity contribution in [2.45, 2.75) is 6.42 Å². The number of nitro groups is 1. The van der Waals surface area contributed by atoms with E-state index in [4.69, 9.17) is 16.9 Å². The number of benzene rings is 2. The Hall–Kier alpha value is -3.44. The second-order valence-electron chi connectivity index (χ2n) is 5.56. The Kier molecular flexibility index (Phi) is 6.46. The number of nitrogens with one attached hydrogen (secondary N) is 1. The van der Waals surface area contributed by atoms with E-state index >= 15 is 0 Å². The van der Waals surface area contributed by atoms with E-state index in [0.29, 0.717) is 0 Å². The van der Waals surface area contributed by atoms with Crippen LogP contribution in [0.1, 0.15) is 27.1 Å². The normalized spacial score (nSPS) is 9.96. The van der Waals surface area contributed by atoms with Crippen LogP contribution in [0.25, 0.3) is 0 Å². The van der Waals surface area contributed by atoms with E-state index in [1.54, 1.807) is 31.3 Å². The number of hydrogen-bond acceptors (Lipinski definition) is 5. The van der Waals surface area contributed by atoms with Gasteiger partial charge in [0.1, 0.15) is 0 Å². The van der Waals surface area contributed by atoms with Crippen molar-refractivity contribution in [3.63, 3.8) is 0 Å². The molecule has 8 nitrogen and oxygen atoms in total. The molecule has 0 aromatic heterocycles. The Morgan fingerprint density at radius 1 is 1.26 bits per heavy atom. The second-order valence-corrected chi connectivity index (χ2v) is 5.96. The standard InChI is InChI=1S/C18H15ClN4O4/c1-22(10-4-9-20)18(25)14-5-2-3-6-16(14)21-17(24)13-8-7-12(23(26)27)11-15(13)19/h2-3,5-8,11H,4,10H2,1H3,(H,21,24). The second kappa shape index (κ2) is 8.78. The van der Waals surface area contributed by atoms with Gasteiger partial charge in [-0.1, -0.05) is 23.7 Å². The number of carbonyl (C=O) groups excluding carboxylic acids is 2. The van der Waals surface area contributed by atoms with Crippen molar-refractivity contribution >= 4 is 34.8 Å². The average Bonchev–Trinajstić information content (AvgIpc) is 2.65. The van der Waals surface area contributed by atoms with Crippen LogP contribution in [0.5, 0.6) is 0 Å². The molecule has 138 valence electrons. The third-order valence-corrected chi connectivity index (χ3v) is 4.03. The molecule has 0 saturated carbocycles. The van der Waals surface area contributed by atoms with Gasteiger partial charge in [-0.05, 0) is 18.2 Å². The molecule has 0 unspecified atom stereocenters. The molecule has 1 N–H and O–H groups in total. The molecule has 0 heterocycles. The molecule has 2 amide bonds. The third-order valence-electron chi connectivity index (χ3n) is 3.72. The molecule has 0 aliphatic carbocycles. The van der Waals surface area contributed by atoms with E-state index in [-0.39, 0.29) is 46.4 Å². The number of halogens is 1. The van der Waals surface area contributed by atoms with E-state index < -0.39 is 10.8 Å². The number of nitriles is 1. The van der Waals surface area contributed by atoms with Crippen LogP contribution in [0.2, 0.25) is 5.02 Å². The number of non-ortho nitro benzene ring substituents is 1. The maximum absolute atomic E-state index is 12.5. The summed E-state index contributed by atoms with van der Waals surface area (Å²) >= 11 is 5.97. The first-order chi connectivity index (χ1) is 12.8. The van der Waals surface area contributed by atoms with Gasteiger partial charge in [0, 0.05) is 25.7 Å². The molecule has 9 heteroatoms. The average molecular weight is 387 g/mol. The zero-order valence-electron chi connectivity index (χ0n) is 14.3. The molecule has 0 radical (unpaired) electrons. The smallest absolute Gasteiger partial charge is 0.270 e. The first kappa shape index (κ1) is 19.9. The predicted octanol–water partition coefficient (Wildman–Crippen LogP) is 3.49. The van der Waals surface area contributed by atoms with Gasteiger partial charge < -0.3 is 10.2 Å². The minimum atomic E-state index is -0.612. The number of nitro benzene ring substituents is 1. The van der Waals surface area contributed by atoms with Crippen LogP contribution in [-0.2, 0) is 0 Å². The highest BCUT2D eigenvalue weighted by Gasteiger charge is 2.19. The molecule has 0 fully saturated rings. The monoisotopic (exact) mass is 386 g/mol. The summed E-state index contributed by atoms with van der Waals surface area (Å²) in [5, 5.41) is 21.9. The van der Waals surface area contributed by atoms with E-state index in [9.17, 15) is 19.7 Å². The van der Waals surface area contributed by atoms with Crippen LogP contribution in [0.4, 0.5) is 11.4 Å². The van der Waals surface area contributed by atoms with Crippen LogP contribution in [0.15, 0.2) is 42.5 Å². The lowest BCUT2D eigenvalue weighted by Gasteiger charge is -2.18. The lowest BCUT2D eigenvalue weighted by atomic mass is 10.1. The lowest BCUT2D eigenvalue weighted by molar-refractivity contribution is -0.384. The van der Waals surface area contributed by atoms with Crippen LogP contribution in [-0.4, -0.2) is 35.2 Å². The van der Waals surface area contributed by atoms with Gasteiger partial charge in [0.2, 0.25) is 0 Å².